The number of pyridine rings is 1. The Hall–Kier alpha value is -2.68. The first-order valence-electron chi connectivity index (χ1n) is 9.07. The monoisotopic (exact) mass is 462 g/mol. The van der Waals surface area contributed by atoms with Gasteiger partial charge in [-0.3, -0.25) is 9.59 Å². The van der Waals surface area contributed by atoms with Gasteiger partial charge in [-0.1, -0.05) is 53.5 Å². The van der Waals surface area contributed by atoms with Crippen molar-refractivity contribution in [1.29, 1.82) is 0 Å². The largest absolute Gasteiger partial charge is 0.504 e. The molecule has 3 aromatic rings. The van der Waals surface area contributed by atoms with Crippen molar-refractivity contribution in [3.8, 4) is 5.75 Å². The average Bonchev–Trinajstić information content (AvgIpc) is 3.17. The van der Waals surface area contributed by atoms with Crippen molar-refractivity contribution in [3.05, 3.63) is 69.0 Å². The van der Waals surface area contributed by atoms with Crippen LogP contribution in [0.4, 0.5) is 5.00 Å². The molecule has 0 bridgehead atoms. The molecule has 30 heavy (non-hydrogen) atoms. The number of aromatic hydroxyl groups is 1. The zero-order valence-electron chi connectivity index (χ0n) is 15.5. The summed E-state index contributed by atoms with van der Waals surface area (Å²) in [5.74, 6) is -1.40. The summed E-state index contributed by atoms with van der Waals surface area (Å²) in [7, 11) is 0. The van der Waals surface area contributed by atoms with Crippen LogP contribution in [0.3, 0.4) is 0 Å². The Morgan fingerprint density at radius 1 is 1.13 bits per heavy atom. The molecule has 2 aromatic heterocycles. The van der Waals surface area contributed by atoms with Crippen LogP contribution in [0.1, 0.15) is 45.8 Å². The first-order valence-corrected chi connectivity index (χ1v) is 10.7. The molecule has 0 radical (unpaired) electrons. The first kappa shape index (κ1) is 20.6. The molecule has 1 aliphatic rings. The Kier molecular flexibility index (Phi) is 5.64. The van der Waals surface area contributed by atoms with Crippen molar-refractivity contribution in [2.45, 2.75) is 24.8 Å². The topological polar surface area (TPSA) is 104 Å². The van der Waals surface area contributed by atoms with Crippen LogP contribution in [0.15, 0.2) is 41.9 Å². The van der Waals surface area contributed by atoms with Crippen molar-refractivity contribution in [2.24, 2.45) is 0 Å². The average molecular weight is 463 g/mol. The number of amides is 2. The van der Waals surface area contributed by atoms with Crippen molar-refractivity contribution in [2.75, 3.05) is 5.32 Å². The maximum Gasteiger partial charge on any atom is 0.275 e. The summed E-state index contributed by atoms with van der Waals surface area (Å²) in [4.78, 5) is 33.5. The van der Waals surface area contributed by atoms with E-state index in [1.807, 2.05) is 30.3 Å². The van der Waals surface area contributed by atoms with E-state index in [1.54, 1.807) is 0 Å². The number of hydrogen-bond donors (Lipinski definition) is 3. The number of aromatic nitrogens is 2. The molecule has 0 saturated heterocycles. The maximum atomic E-state index is 13.0. The quantitative estimate of drug-likeness (QED) is 0.480. The third-order valence-electron chi connectivity index (χ3n) is 5.03. The van der Waals surface area contributed by atoms with Gasteiger partial charge >= 0.3 is 0 Å². The molecular formula is C20H16Cl2N4O3S. The number of carbonyl (C=O) groups is 2. The van der Waals surface area contributed by atoms with Crippen LogP contribution in [0.5, 0.6) is 5.75 Å². The highest BCUT2D eigenvalue weighted by molar-refractivity contribution is 7.14. The number of nitrogens with one attached hydrogen (secondary N) is 2. The van der Waals surface area contributed by atoms with Crippen LogP contribution in [-0.2, 0) is 5.54 Å². The standard InChI is InChI=1S/C20H16Cl2N4O3S/c21-12-9-13(24-16(22)15(12)27)17(28)25-19-14(23-10-30-19)18(29)26-20(7-4-8-20)11-5-2-1-3-6-11/h1-3,5-6,9-10,27H,4,7-8H2,(H,25,28)(H,26,29). The molecule has 1 fully saturated rings. The molecule has 0 unspecified atom stereocenters. The number of benzene rings is 1. The van der Waals surface area contributed by atoms with Crippen LogP contribution >= 0.6 is 34.5 Å². The fraction of sp³-hybridized carbons (Fsp3) is 0.200. The molecule has 1 aliphatic carbocycles. The van der Waals surface area contributed by atoms with Gasteiger partial charge in [0.05, 0.1) is 16.1 Å². The Labute approximate surface area is 186 Å². The SMILES string of the molecule is O=C(Nc1scnc1C(=O)NC1(c2ccccc2)CCC1)c1cc(Cl)c(O)c(Cl)n1. The smallest absolute Gasteiger partial charge is 0.275 e. The van der Waals surface area contributed by atoms with E-state index in [2.05, 4.69) is 20.6 Å². The molecule has 2 heterocycles. The van der Waals surface area contributed by atoms with Crippen molar-refractivity contribution < 1.29 is 14.7 Å². The summed E-state index contributed by atoms with van der Waals surface area (Å²) >= 11 is 12.7. The molecule has 3 N–H and O–H groups in total. The van der Waals surface area contributed by atoms with Crippen molar-refractivity contribution in [3.63, 3.8) is 0 Å². The lowest BCUT2D eigenvalue weighted by atomic mass is 9.71. The molecule has 0 atom stereocenters. The molecule has 0 aliphatic heterocycles. The van der Waals surface area contributed by atoms with Gasteiger partial charge in [0.2, 0.25) is 0 Å². The highest BCUT2D eigenvalue weighted by Crippen LogP contribution is 2.41. The molecular weight excluding hydrogens is 447 g/mol. The van der Waals surface area contributed by atoms with Gasteiger partial charge in [0.15, 0.2) is 16.6 Å². The van der Waals surface area contributed by atoms with Crippen LogP contribution < -0.4 is 10.6 Å². The third kappa shape index (κ3) is 3.86. The lowest BCUT2D eigenvalue weighted by molar-refractivity contribution is 0.0819. The van der Waals surface area contributed by atoms with E-state index in [1.165, 1.54) is 11.6 Å². The van der Waals surface area contributed by atoms with Crippen molar-refractivity contribution >= 4 is 51.4 Å². The molecule has 1 aromatic carbocycles. The normalized spacial score (nSPS) is 14.6. The summed E-state index contributed by atoms with van der Waals surface area (Å²) in [6.45, 7) is 0. The van der Waals surface area contributed by atoms with Gasteiger partial charge in [-0.05, 0) is 30.9 Å². The van der Waals surface area contributed by atoms with Crippen LogP contribution in [-0.4, -0.2) is 26.9 Å². The third-order valence-corrected chi connectivity index (χ3v) is 6.33. The van der Waals surface area contributed by atoms with Gasteiger partial charge in [0.25, 0.3) is 11.8 Å². The maximum absolute atomic E-state index is 13.0. The lowest BCUT2D eigenvalue weighted by Crippen LogP contribution is -2.51. The van der Waals surface area contributed by atoms with E-state index in [9.17, 15) is 14.7 Å². The minimum Gasteiger partial charge on any atom is -0.504 e. The summed E-state index contributed by atoms with van der Waals surface area (Å²) in [6.07, 6.45) is 2.69. The number of halogens is 2. The Morgan fingerprint density at radius 3 is 2.50 bits per heavy atom. The van der Waals surface area contributed by atoms with E-state index >= 15 is 0 Å². The number of thiazole rings is 1. The highest BCUT2D eigenvalue weighted by atomic mass is 35.5. The van der Waals surface area contributed by atoms with E-state index in [0.717, 1.165) is 36.2 Å². The second-order valence-corrected chi connectivity index (χ2v) is 8.49. The predicted octanol–water partition coefficient (Wildman–Crippen LogP) is 4.61. The van der Waals surface area contributed by atoms with Gasteiger partial charge in [-0.15, -0.1) is 11.3 Å². The van der Waals surface area contributed by atoms with Gasteiger partial charge < -0.3 is 15.7 Å². The van der Waals surface area contributed by atoms with E-state index in [4.69, 9.17) is 23.2 Å². The summed E-state index contributed by atoms with van der Waals surface area (Å²) < 4.78 is 0. The van der Waals surface area contributed by atoms with Crippen LogP contribution in [0.25, 0.3) is 0 Å². The molecule has 0 spiro atoms. The Morgan fingerprint density at radius 2 is 1.87 bits per heavy atom. The molecule has 4 rings (SSSR count). The Balaban J connectivity index is 1.53. The summed E-state index contributed by atoms with van der Waals surface area (Å²) in [6, 6.07) is 11.0. The van der Waals surface area contributed by atoms with Gasteiger partial charge in [0, 0.05) is 0 Å². The number of rotatable bonds is 5. The summed E-state index contributed by atoms with van der Waals surface area (Å²) in [5, 5.41) is 15.2. The zero-order valence-corrected chi connectivity index (χ0v) is 17.8. The lowest BCUT2D eigenvalue weighted by Gasteiger charge is -2.43. The van der Waals surface area contributed by atoms with Gasteiger partial charge in [-0.25, -0.2) is 9.97 Å². The molecule has 10 heteroatoms. The fourth-order valence-electron chi connectivity index (χ4n) is 3.31. The zero-order chi connectivity index (χ0) is 21.3. The highest BCUT2D eigenvalue weighted by Gasteiger charge is 2.40. The van der Waals surface area contributed by atoms with E-state index in [-0.39, 0.29) is 32.5 Å². The number of carbonyl (C=O) groups excluding carboxylic acids is 2. The van der Waals surface area contributed by atoms with Crippen molar-refractivity contribution in [1.82, 2.24) is 15.3 Å². The first-order chi connectivity index (χ1) is 14.4. The molecule has 1 saturated carbocycles. The number of anilines is 1. The second kappa shape index (κ2) is 8.22. The number of nitrogens with zero attached hydrogens (tertiary/aromatic N) is 2. The minimum absolute atomic E-state index is 0.0951. The van der Waals surface area contributed by atoms with Crippen LogP contribution in [0.2, 0.25) is 10.2 Å². The number of hydrogen-bond acceptors (Lipinski definition) is 6. The second-order valence-electron chi connectivity index (χ2n) is 6.87. The summed E-state index contributed by atoms with van der Waals surface area (Å²) in [5.41, 5.74) is 2.12. The Bertz CT molecular complexity index is 1090. The minimum atomic E-state index is -0.626. The van der Waals surface area contributed by atoms with Gasteiger partial charge in [0.1, 0.15) is 10.7 Å². The van der Waals surface area contributed by atoms with E-state index < -0.39 is 17.2 Å². The van der Waals surface area contributed by atoms with Gasteiger partial charge in [-0.2, -0.15) is 0 Å². The molecule has 7 nitrogen and oxygen atoms in total. The van der Waals surface area contributed by atoms with Crippen LogP contribution in [0, 0.1) is 0 Å². The predicted molar refractivity (Wildman–Crippen MR) is 115 cm³/mol. The fourth-order valence-corrected chi connectivity index (χ4v) is 4.41. The van der Waals surface area contributed by atoms with E-state index in [0.29, 0.717) is 0 Å². The molecule has 2 amide bonds. The molecule has 154 valence electrons.